The normalized spacial score (nSPS) is 13.3. The monoisotopic (exact) mass is 553 g/mol. The highest BCUT2D eigenvalue weighted by atomic mass is 32.1. The maximum atomic E-state index is 13.8. The first-order valence-electron chi connectivity index (χ1n) is 13.2. The topological polar surface area (TPSA) is 62.3 Å². The second kappa shape index (κ2) is 13.6. The van der Waals surface area contributed by atoms with Crippen molar-refractivity contribution in [2.75, 3.05) is 46.9 Å². The van der Waals surface area contributed by atoms with Crippen molar-refractivity contribution >= 4 is 23.2 Å². The van der Waals surface area contributed by atoms with E-state index in [-0.39, 0.29) is 24.2 Å². The molecule has 9 heteroatoms. The van der Waals surface area contributed by atoms with Gasteiger partial charge in [-0.15, -0.1) is 11.3 Å². The van der Waals surface area contributed by atoms with Gasteiger partial charge in [-0.3, -0.25) is 9.59 Å². The molecular weight excluding hydrogens is 517 g/mol. The largest absolute Gasteiger partial charge is 0.497 e. The molecule has 39 heavy (non-hydrogen) atoms. The molecule has 0 aliphatic carbocycles. The SMILES string of the molecule is COc1cc(OC)cc(C(=O)N(CCN2CCCC2)CC(=O)N(Cc2ccc(F)cc2)Cc2sccc2C)c1. The molecule has 0 saturated carbocycles. The predicted octanol–water partition coefficient (Wildman–Crippen LogP) is 4.98. The standard InChI is InChI=1S/C30H36FN3O4S/c1-22-10-15-39-28(22)20-34(19-23-6-8-25(31)9-7-23)29(35)21-33(14-13-32-11-4-5-12-32)30(36)24-16-26(37-2)18-27(17-24)38-3/h6-10,15-18H,4-5,11-14,19-21H2,1-3H3. The molecule has 1 aliphatic rings. The third kappa shape index (κ3) is 7.80. The Labute approximate surface area is 233 Å². The lowest BCUT2D eigenvalue weighted by Gasteiger charge is -2.29. The number of ether oxygens (including phenoxy) is 2. The van der Waals surface area contributed by atoms with Gasteiger partial charge in [-0.1, -0.05) is 12.1 Å². The minimum absolute atomic E-state index is 0.0716. The Morgan fingerprint density at radius 2 is 1.62 bits per heavy atom. The summed E-state index contributed by atoms with van der Waals surface area (Å²) >= 11 is 1.60. The maximum Gasteiger partial charge on any atom is 0.254 e. The van der Waals surface area contributed by atoms with Crippen molar-refractivity contribution in [3.8, 4) is 11.5 Å². The Balaban J connectivity index is 1.58. The summed E-state index contributed by atoms with van der Waals surface area (Å²) in [6.07, 6.45) is 2.29. The van der Waals surface area contributed by atoms with Crippen molar-refractivity contribution in [3.05, 3.63) is 81.3 Å². The predicted molar refractivity (Wildman–Crippen MR) is 151 cm³/mol. The van der Waals surface area contributed by atoms with Gasteiger partial charge in [0.2, 0.25) is 5.91 Å². The van der Waals surface area contributed by atoms with E-state index in [1.165, 1.54) is 26.4 Å². The third-order valence-electron chi connectivity index (χ3n) is 7.04. The molecule has 0 atom stereocenters. The first kappa shape index (κ1) is 28.6. The Kier molecular flexibility index (Phi) is 9.95. The Morgan fingerprint density at radius 1 is 0.949 bits per heavy atom. The van der Waals surface area contributed by atoms with Gasteiger partial charge in [-0.2, -0.15) is 0 Å². The van der Waals surface area contributed by atoms with Crippen LogP contribution in [0.5, 0.6) is 11.5 Å². The number of hydrogen-bond acceptors (Lipinski definition) is 6. The second-order valence-corrected chi connectivity index (χ2v) is 10.8. The lowest BCUT2D eigenvalue weighted by molar-refractivity contribution is -0.133. The molecule has 1 fully saturated rings. The summed E-state index contributed by atoms with van der Waals surface area (Å²) in [5.41, 5.74) is 2.34. The van der Waals surface area contributed by atoms with Crippen LogP contribution < -0.4 is 9.47 Å². The number of rotatable bonds is 12. The van der Waals surface area contributed by atoms with Crippen LogP contribution in [0.15, 0.2) is 53.9 Å². The zero-order valence-corrected chi connectivity index (χ0v) is 23.6. The van der Waals surface area contributed by atoms with Crippen LogP contribution in [0.25, 0.3) is 0 Å². The molecule has 2 aromatic carbocycles. The van der Waals surface area contributed by atoms with Crippen molar-refractivity contribution in [3.63, 3.8) is 0 Å². The quantitative estimate of drug-likeness (QED) is 0.317. The van der Waals surface area contributed by atoms with E-state index in [1.807, 2.05) is 18.4 Å². The van der Waals surface area contributed by atoms with E-state index >= 15 is 0 Å². The number of carbonyl (C=O) groups excluding carboxylic acids is 2. The highest BCUT2D eigenvalue weighted by molar-refractivity contribution is 7.10. The Hall–Kier alpha value is -3.43. The number of benzene rings is 2. The minimum Gasteiger partial charge on any atom is -0.497 e. The van der Waals surface area contributed by atoms with Gasteiger partial charge in [0.25, 0.3) is 5.91 Å². The molecule has 0 N–H and O–H groups in total. The van der Waals surface area contributed by atoms with E-state index in [1.54, 1.807) is 51.5 Å². The fourth-order valence-corrected chi connectivity index (χ4v) is 5.60. The number of nitrogens with zero attached hydrogens (tertiary/aromatic N) is 3. The van der Waals surface area contributed by atoms with E-state index < -0.39 is 0 Å². The summed E-state index contributed by atoms with van der Waals surface area (Å²) < 4.78 is 24.3. The van der Waals surface area contributed by atoms with Crippen molar-refractivity contribution in [2.24, 2.45) is 0 Å². The second-order valence-electron chi connectivity index (χ2n) is 9.78. The summed E-state index contributed by atoms with van der Waals surface area (Å²) in [6.45, 7) is 5.80. The average Bonchev–Trinajstić information content (AvgIpc) is 3.62. The lowest BCUT2D eigenvalue weighted by Crippen LogP contribution is -2.45. The molecule has 0 radical (unpaired) electrons. The van der Waals surface area contributed by atoms with Crippen LogP contribution in [-0.4, -0.2) is 73.5 Å². The van der Waals surface area contributed by atoms with E-state index in [0.29, 0.717) is 43.2 Å². The van der Waals surface area contributed by atoms with Crippen LogP contribution in [0.4, 0.5) is 4.39 Å². The van der Waals surface area contributed by atoms with Crippen molar-refractivity contribution < 1.29 is 23.5 Å². The number of halogens is 1. The van der Waals surface area contributed by atoms with Gasteiger partial charge in [-0.05, 0) is 79.7 Å². The number of methoxy groups -OCH3 is 2. The number of amides is 2. The number of likely N-dealkylation sites (tertiary alicyclic amines) is 1. The van der Waals surface area contributed by atoms with Gasteiger partial charge in [0.15, 0.2) is 0 Å². The minimum atomic E-state index is -0.321. The van der Waals surface area contributed by atoms with Crippen LogP contribution >= 0.6 is 11.3 Å². The van der Waals surface area contributed by atoms with E-state index in [4.69, 9.17) is 9.47 Å². The van der Waals surface area contributed by atoms with E-state index in [9.17, 15) is 14.0 Å². The van der Waals surface area contributed by atoms with Crippen LogP contribution in [0, 0.1) is 12.7 Å². The Morgan fingerprint density at radius 3 is 2.21 bits per heavy atom. The number of carbonyl (C=O) groups is 2. The number of hydrogen-bond donors (Lipinski definition) is 0. The first-order valence-corrected chi connectivity index (χ1v) is 14.0. The zero-order valence-electron chi connectivity index (χ0n) is 22.8. The van der Waals surface area contributed by atoms with Crippen LogP contribution in [0.1, 0.15) is 39.2 Å². The number of thiophene rings is 1. The average molecular weight is 554 g/mol. The first-order chi connectivity index (χ1) is 18.9. The molecule has 0 unspecified atom stereocenters. The van der Waals surface area contributed by atoms with E-state index in [0.717, 1.165) is 41.9 Å². The van der Waals surface area contributed by atoms with Crippen molar-refractivity contribution in [1.82, 2.24) is 14.7 Å². The third-order valence-corrected chi connectivity index (χ3v) is 8.05. The molecule has 7 nitrogen and oxygen atoms in total. The molecule has 3 aromatic rings. The van der Waals surface area contributed by atoms with Gasteiger partial charge < -0.3 is 24.2 Å². The maximum absolute atomic E-state index is 13.8. The van der Waals surface area contributed by atoms with E-state index in [2.05, 4.69) is 4.90 Å². The highest BCUT2D eigenvalue weighted by Crippen LogP contribution is 2.24. The summed E-state index contributed by atoms with van der Waals surface area (Å²) in [5.74, 6) is 0.271. The summed E-state index contributed by atoms with van der Waals surface area (Å²) in [6, 6.07) is 13.3. The fraction of sp³-hybridized carbons (Fsp3) is 0.400. The summed E-state index contributed by atoms with van der Waals surface area (Å²) in [7, 11) is 3.08. The van der Waals surface area contributed by atoms with Crippen LogP contribution in [0.3, 0.4) is 0 Å². The van der Waals surface area contributed by atoms with Crippen LogP contribution in [0.2, 0.25) is 0 Å². The van der Waals surface area contributed by atoms with Gasteiger partial charge in [0, 0.05) is 36.1 Å². The van der Waals surface area contributed by atoms with Crippen molar-refractivity contribution in [1.29, 1.82) is 0 Å². The molecule has 208 valence electrons. The smallest absolute Gasteiger partial charge is 0.254 e. The molecular formula is C30H36FN3O4S. The van der Waals surface area contributed by atoms with Gasteiger partial charge >= 0.3 is 0 Å². The van der Waals surface area contributed by atoms with Crippen molar-refractivity contribution in [2.45, 2.75) is 32.9 Å². The molecule has 1 aliphatic heterocycles. The Bertz CT molecular complexity index is 1240. The number of aryl methyl sites for hydroxylation is 1. The van der Waals surface area contributed by atoms with Crippen LogP contribution in [-0.2, 0) is 17.9 Å². The molecule has 2 heterocycles. The lowest BCUT2D eigenvalue weighted by atomic mass is 10.1. The van der Waals surface area contributed by atoms with Gasteiger partial charge in [0.1, 0.15) is 23.9 Å². The molecule has 1 aromatic heterocycles. The summed E-state index contributed by atoms with van der Waals surface area (Å²) in [4.78, 5) is 34.4. The molecule has 1 saturated heterocycles. The molecule has 0 bridgehead atoms. The fourth-order valence-electron chi connectivity index (χ4n) is 4.68. The molecule has 2 amide bonds. The van der Waals surface area contributed by atoms with Gasteiger partial charge in [-0.25, -0.2) is 4.39 Å². The van der Waals surface area contributed by atoms with Gasteiger partial charge in [0.05, 0.1) is 20.8 Å². The summed E-state index contributed by atoms with van der Waals surface area (Å²) in [5, 5.41) is 2.01. The molecule has 4 rings (SSSR count). The zero-order chi connectivity index (χ0) is 27.8. The highest BCUT2D eigenvalue weighted by Gasteiger charge is 2.25. The molecule has 0 spiro atoms.